The van der Waals surface area contributed by atoms with E-state index < -0.39 is 22.2 Å². The largest absolute Gasteiger partial charge is 0.392 e. The molecule has 3 rings (SSSR count). The van der Waals surface area contributed by atoms with E-state index in [-0.39, 0.29) is 17.3 Å². The quantitative estimate of drug-likeness (QED) is 0.598. The van der Waals surface area contributed by atoms with E-state index >= 15 is 0 Å². The lowest BCUT2D eigenvalue weighted by atomic mass is 10.1. The molecule has 0 aliphatic carbocycles. The van der Waals surface area contributed by atoms with Gasteiger partial charge in [0, 0.05) is 13.1 Å². The number of aliphatic hydroxyl groups is 1. The highest BCUT2D eigenvalue weighted by atomic mass is 32.2. The van der Waals surface area contributed by atoms with Crippen molar-refractivity contribution in [3.05, 3.63) is 60.2 Å². The summed E-state index contributed by atoms with van der Waals surface area (Å²) in [4.78, 5) is 12.3. The van der Waals surface area contributed by atoms with Crippen LogP contribution in [0.4, 0.5) is 5.69 Å². The molecule has 2 aromatic carbocycles. The van der Waals surface area contributed by atoms with Crippen LogP contribution in [0.25, 0.3) is 0 Å². The Balaban J connectivity index is 1.69. The number of hydrogen-bond acceptors (Lipinski definition) is 5. The summed E-state index contributed by atoms with van der Waals surface area (Å²) < 4.78 is 27.6. The minimum atomic E-state index is -3.71. The lowest BCUT2D eigenvalue weighted by molar-refractivity contribution is -0.123. The number of carbonyl (C=O) groups excluding carboxylic acids is 1. The molecule has 1 aliphatic heterocycles. The van der Waals surface area contributed by atoms with Gasteiger partial charge in [-0.1, -0.05) is 36.4 Å². The molecule has 1 fully saturated rings. The highest BCUT2D eigenvalue weighted by Crippen LogP contribution is 2.20. The minimum absolute atomic E-state index is 0.169. The summed E-state index contributed by atoms with van der Waals surface area (Å²) in [7, 11) is -3.71. The molecule has 2 unspecified atom stereocenters. The number of sulfonamides is 1. The molecule has 1 amide bonds. The molecule has 1 saturated heterocycles. The second-order valence-electron chi connectivity index (χ2n) is 6.14. The summed E-state index contributed by atoms with van der Waals surface area (Å²) in [6.45, 7) is 0.576. The molecule has 138 valence electrons. The number of benzene rings is 2. The highest BCUT2D eigenvalue weighted by Gasteiger charge is 2.27. The smallest absolute Gasteiger partial charge is 0.261 e. The molecule has 2 aromatic rings. The monoisotopic (exact) mass is 375 g/mol. The van der Waals surface area contributed by atoms with E-state index in [1.54, 1.807) is 42.5 Å². The molecule has 0 bridgehead atoms. The summed E-state index contributed by atoms with van der Waals surface area (Å²) in [6, 6.07) is 14.6. The molecule has 0 radical (unpaired) electrons. The van der Waals surface area contributed by atoms with E-state index in [9.17, 15) is 18.3 Å². The summed E-state index contributed by atoms with van der Waals surface area (Å²) >= 11 is 0. The third-order valence-corrected chi connectivity index (χ3v) is 5.57. The van der Waals surface area contributed by atoms with E-state index in [0.29, 0.717) is 24.2 Å². The Morgan fingerprint density at radius 1 is 1.12 bits per heavy atom. The first-order valence-corrected chi connectivity index (χ1v) is 9.79. The SMILES string of the molecule is O=C(NCc1ccccc1NS(=O)(=O)c1ccccc1)C1CC(O)CN1. The second kappa shape index (κ2) is 7.86. The first-order chi connectivity index (χ1) is 12.5. The fraction of sp³-hybridized carbons (Fsp3) is 0.278. The number of anilines is 1. The van der Waals surface area contributed by atoms with E-state index in [2.05, 4.69) is 15.4 Å². The molecule has 26 heavy (non-hydrogen) atoms. The Kier molecular flexibility index (Phi) is 5.55. The molecular weight excluding hydrogens is 354 g/mol. The Bertz CT molecular complexity index is 871. The lowest BCUT2D eigenvalue weighted by Gasteiger charge is -2.15. The minimum Gasteiger partial charge on any atom is -0.392 e. The molecule has 0 spiro atoms. The molecule has 0 saturated carbocycles. The van der Waals surface area contributed by atoms with Crippen LogP contribution >= 0.6 is 0 Å². The van der Waals surface area contributed by atoms with Gasteiger partial charge < -0.3 is 15.7 Å². The number of rotatable bonds is 6. The molecule has 1 heterocycles. The van der Waals surface area contributed by atoms with Gasteiger partial charge in [-0.3, -0.25) is 9.52 Å². The Hall–Kier alpha value is -2.42. The van der Waals surface area contributed by atoms with E-state index in [1.807, 2.05) is 0 Å². The zero-order valence-electron chi connectivity index (χ0n) is 14.1. The number of β-amino-alcohol motifs (C(OH)–C–C–N with tert-alkyl or cyclic N) is 1. The fourth-order valence-corrected chi connectivity index (χ4v) is 3.92. The van der Waals surface area contributed by atoms with Crippen LogP contribution in [0.2, 0.25) is 0 Å². The number of carbonyl (C=O) groups is 1. The third-order valence-electron chi connectivity index (χ3n) is 4.19. The maximum atomic E-state index is 12.5. The van der Waals surface area contributed by atoms with Crippen LogP contribution < -0.4 is 15.4 Å². The van der Waals surface area contributed by atoms with Crippen molar-refractivity contribution in [2.24, 2.45) is 0 Å². The van der Waals surface area contributed by atoms with E-state index in [0.717, 1.165) is 0 Å². The molecule has 8 heteroatoms. The van der Waals surface area contributed by atoms with Crippen molar-refractivity contribution in [1.29, 1.82) is 0 Å². The second-order valence-corrected chi connectivity index (χ2v) is 7.83. The van der Waals surface area contributed by atoms with Crippen LogP contribution in [-0.4, -0.2) is 38.1 Å². The molecule has 1 aliphatic rings. The molecule has 2 atom stereocenters. The number of para-hydroxylation sites is 1. The lowest BCUT2D eigenvalue weighted by Crippen LogP contribution is -2.40. The Labute approximate surface area is 152 Å². The maximum Gasteiger partial charge on any atom is 0.261 e. The van der Waals surface area contributed by atoms with Gasteiger partial charge in [-0.05, 0) is 30.2 Å². The standard InChI is InChI=1S/C18H21N3O4S/c22-14-10-17(19-12-14)18(23)20-11-13-6-4-5-9-16(13)21-26(24,25)15-7-2-1-3-8-15/h1-9,14,17,19,21-22H,10-12H2,(H,20,23). The van der Waals surface area contributed by atoms with Gasteiger partial charge in [-0.2, -0.15) is 0 Å². The van der Waals surface area contributed by atoms with Crippen molar-refractivity contribution in [2.75, 3.05) is 11.3 Å². The zero-order chi connectivity index (χ0) is 18.6. The fourth-order valence-electron chi connectivity index (χ4n) is 2.80. The van der Waals surface area contributed by atoms with Crippen molar-refractivity contribution >= 4 is 21.6 Å². The first-order valence-electron chi connectivity index (χ1n) is 8.30. The van der Waals surface area contributed by atoms with Crippen LogP contribution in [0.15, 0.2) is 59.5 Å². The van der Waals surface area contributed by atoms with Crippen LogP contribution in [0, 0.1) is 0 Å². The van der Waals surface area contributed by atoms with E-state index in [1.165, 1.54) is 12.1 Å². The van der Waals surface area contributed by atoms with Gasteiger partial charge in [0.2, 0.25) is 5.91 Å². The third kappa shape index (κ3) is 4.40. The molecular formula is C18H21N3O4S. The Morgan fingerprint density at radius 3 is 2.50 bits per heavy atom. The number of nitrogens with one attached hydrogen (secondary N) is 3. The normalized spacial score (nSPS) is 19.9. The van der Waals surface area contributed by atoms with Gasteiger partial charge in [0.25, 0.3) is 10.0 Å². The first kappa shape index (κ1) is 18.4. The predicted octanol–water partition coefficient (Wildman–Crippen LogP) is 0.826. The summed E-state index contributed by atoms with van der Waals surface area (Å²) in [5.74, 6) is -0.220. The average Bonchev–Trinajstić information content (AvgIpc) is 3.08. The van der Waals surface area contributed by atoms with Gasteiger partial charge in [-0.25, -0.2) is 8.42 Å². The van der Waals surface area contributed by atoms with Gasteiger partial charge in [0.05, 0.1) is 22.7 Å². The Morgan fingerprint density at radius 2 is 1.81 bits per heavy atom. The molecule has 4 N–H and O–H groups in total. The predicted molar refractivity (Wildman–Crippen MR) is 98.0 cm³/mol. The molecule has 0 aromatic heterocycles. The number of amides is 1. The van der Waals surface area contributed by atoms with Crippen LogP contribution in [0.3, 0.4) is 0 Å². The van der Waals surface area contributed by atoms with Gasteiger partial charge in [-0.15, -0.1) is 0 Å². The zero-order valence-corrected chi connectivity index (χ0v) is 14.9. The topological polar surface area (TPSA) is 108 Å². The summed E-state index contributed by atoms with van der Waals surface area (Å²) in [5, 5.41) is 15.2. The summed E-state index contributed by atoms with van der Waals surface area (Å²) in [5.41, 5.74) is 1.06. The van der Waals surface area contributed by atoms with Gasteiger partial charge in [0.1, 0.15) is 0 Å². The van der Waals surface area contributed by atoms with Crippen molar-refractivity contribution in [3.63, 3.8) is 0 Å². The summed E-state index contributed by atoms with van der Waals surface area (Å²) in [6.07, 6.45) is -0.149. The van der Waals surface area contributed by atoms with Crippen LogP contribution in [0.5, 0.6) is 0 Å². The van der Waals surface area contributed by atoms with Gasteiger partial charge in [0.15, 0.2) is 0 Å². The highest BCUT2D eigenvalue weighted by molar-refractivity contribution is 7.92. The average molecular weight is 375 g/mol. The number of aliphatic hydroxyl groups excluding tert-OH is 1. The van der Waals surface area contributed by atoms with E-state index in [4.69, 9.17) is 0 Å². The maximum absolute atomic E-state index is 12.5. The van der Waals surface area contributed by atoms with Gasteiger partial charge >= 0.3 is 0 Å². The van der Waals surface area contributed by atoms with Crippen molar-refractivity contribution in [2.45, 2.75) is 30.0 Å². The molecule has 7 nitrogen and oxygen atoms in total. The van der Waals surface area contributed by atoms with Crippen LogP contribution in [0.1, 0.15) is 12.0 Å². The van der Waals surface area contributed by atoms with Crippen molar-refractivity contribution in [3.8, 4) is 0 Å². The number of hydrogen-bond donors (Lipinski definition) is 4. The van der Waals surface area contributed by atoms with Crippen molar-refractivity contribution < 1.29 is 18.3 Å². The van der Waals surface area contributed by atoms with Crippen molar-refractivity contribution in [1.82, 2.24) is 10.6 Å². The van der Waals surface area contributed by atoms with Crippen LogP contribution in [-0.2, 0) is 21.4 Å².